The van der Waals surface area contributed by atoms with Gasteiger partial charge in [-0.25, -0.2) is 5.43 Å². The van der Waals surface area contributed by atoms with E-state index in [-0.39, 0.29) is 18.6 Å². The van der Waals surface area contributed by atoms with Gasteiger partial charge in [0.05, 0.1) is 18.9 Å². The highest BCUT2D eigenvalue weighted by molar-refractivity contribution is 6.35. The molecule has 0 aliphatic carbocycles. The van der Waals surface area contributed by atoms with E-state index in [0.717, 1.165) is 18.4 Å². The number of nitrogens with zero attached hydrogens (tertiary/aromatic N) is 1. The van der Waals surface area contributed by atoms with Crippen molar-refractivity contribution in [1.82, 2.24) is 16.1 Å². The maximum absolute atomic E-state index is 12.1. The summed E-state index contributed by atoms with van der Waals surface area (Å²) < 4.78 is 16.6. The van der Waals surface area contributed by atoms with Gasteiger partial charge < -0.3 is 24.8 Å². The second-order valence-corrected chi connectivity index (χ2v) is 7.73. The van der Waals surface area contributed by atoms with Crippen molar-refractivity contribution in [1.29, 1.82) is 0 Å². The molecule has 1 heterocycles. The molecule has 0 aromatic heterocycles. The Morgan fingerprint density at radius 3 is 2.63 bits per heavy atom. The van der Waals surface area contributed by atoms with E-state index in [1.807, 2.05) is 37.3 Å². The van der Waals surface area contributed by atoms with Gasteiger partial charge in [0.1, 0.15) is 0 Å². The van der Waals surface area contributed by atoms with Crippen LogP contribution in [0, 0.1) is 0 Å². The average Bonchev–Trinajstić information content (AvgIpc) is 3.40. The van der Waals surface area contributed by atoms with Crippen LogP contribution in [-0.2, 0) is 25.7 Å². The fourth-order valence-electron chi connectivity index (χ4n) is 3.29. The number of nitrogens with one attached hydrogen (secondary N) is 3. The Hall–Kier alpha value is -3.92. The van der Waals surface area contributed by atoms with E-state index in [2.05, 4.69) is 21.2 Å². The summed E-state index contributed by atoms with van der Waals surface area (Å²) in [4.78, 5) is 35.9. The summed E-state index contributed by atoms with van der Waals surface area (Å²) in [5.41, 5.74) is 3.79. The summed E-state index contributed by atoms with van der Waals surface area (Å²) in [5, 5.41) is 9.15. The van der Waals surface area contributed by atoms with Crippen molar-refractivity contribution in [3.8, 4) is 11.5 Å². The smallest absolute Gasteiger partial charge is 0.329 e. The molecule has 10 nitrogen and oxygen atoms in total. The fourth-order valence-corrected chi connectivity index (χ4v) is 3.29. The van der Waals surface area contributed by atoms with Crippen LogP contribution < -0.4 is 25.5 Å². The zero-order valence-electron chi connectivity index (χ0n) is 19.6. The molecule has 1 aliphatic heterocycles. The molecule has 1 atom stereocenters. The third kappa shape index (κ3) is 8.74. The lowest BCUT2D eigenvalue weighted by Gasteiger charge is -2.12. The standard InChI is InChI=1S/C25H30N4O6/c1-2-33-22-13-19(15-28-29-25(32)24(31)27-16-20-9-6-12-34-20)10-11-21(22)35-17-23(30)26-14-18-7-4-3-5-8-18/h3-5,7-8,10-11,13,15,20H,2,6,9,12,14,16-17H2,1H3,(H,26,30)(H,27,31)(H,29,32)/b28-15-/t20-/m0/s1. The quantitative estimate of drug-likeness (QED) is 0.253. The van der Waals surface area contributed by atoms with Gasteiger partial charge in [0.2, 0.25) is 0 Å². The van der Waals surface area contributed by atoms with E-state index in [4.69, 9.17) is 14.2 Å². The molecule has 0 bridgehead atoms. The monoisotopic (exact) mass is 482 g/mol. The minimum Gasteiger partial charge on any atom is -0.490 e. The normalized spacial score (nSPS) is 14.9. The lowest BCUT2D eigenvalue weighted by molar-refractivity contribution is -0.139. The molecule has 0 spiro atoms. The molecule has 10 heteroatoms. The molecule has 0 unspecified atom stereocenters. The Morgan fingerprint density at radius 2 is 1.89 bits per heavy atom. The van der Waals surface area contributed by atoms with Crippen LogP contribution in [0.4, 0.5) is 0 Å². The Bertz CT molecular complexity index is 1020. The second kappa shape index (κ2) is 13.7. The van der Waals surface area contributed by atoms with Crippen LogP contribution in [0.1, 0.15) is 30.9 Å². The Kier molecular flexibility index (Phi) is 10.1. The van der Waals surface area contributed by atoms with Gasteiger partial charge in [0.15, 0.2) is 18.1 Å². The van der Waals surface area contributed by atoms with Crippen LogP contribution in [-0.4, -0.2) is 56.4 Å². The Labute approximate surface area is 204 Å². The molecule has 2 aromatic carbocycles. The number of rotatable bonds is 11. The minimum absolute atomic E-state index is 0.0529. The molecule has 3 N–H and O–H groups in total. The van der Waals surface area contributed by atoms with Gasteiger partial charge >= 0.3 is 11.8 Å². The second-order valence-electron chi connectivity index (χ2n) is 7.73. The summed E-state index contributed by atoms with van der Waals surface area (Å²) in [7, 11) is 0. The van der Waals surface area contributed by atoms with Gasteiger partial charge in [-0.15, -0.1) is 0 Å². The van der Waals surface area contributed by atoms with Crippen LogP contribution in [0.25, 0.3) is 0 Å². The minimum atomic E-state index is -0.870. The summed E-state index contributed by atoms with van der Waals surface area (Å²) in [6.07, 6.45) is 3.14. The van der Waals surface area contributed by atoms with E-state index in [1.165, 1.54) is 6.21 Å². The predicted molar refractivity (Wildman–Crippen MR) is 129 cm³/mol. The van der Waals surface area contributed by atoms with E-state index in [1.54, 1.807) is 18.2 Å². The van der Waals surface area contributed by atoms with Crippen LogP contribution >= 0.6 is 0 Å². The SMILES string of the molecule is CCOc1cc(/C=N\NC(=O)C(=O)NC[C@@H]2CCCO2)ccc1OCC(=O)NCc1ccccc1. The highest BCUT2D eigenvalue weighted by Crippen LogP contribution is 2.28. The highest BCUT2D eigenvalue weighted by atomic mass is 16.5. The number of hydrogen-bond acceptors (Lipinski definition) is 7. The number of ether oxygens (including phenoxy) is 3. The lowest BCUT2D eigenvalue weighted by Crippen LogP contribution is -2.41. The number of hydrogen-bond donors (Lipinski definition) is 3. The van der Waals surface area contributed by atoms with Crippen molar-refractivity contribution in [3.63, 3.8) is 0 Å². The van der Waals surface area contributed by atoms with Crippen LogP contribution in [0.5, 0.6) is 11.5 Å². The largest absolute Gasteiger partial charge is 0.490 e. The van der Waals surface area contributed by atoms with E-state index < -0.39 is 11.8 Å². The summed E-state index contributed by atoms with van der Waals surface area (Å²) >= 11 is 0. The molecule has 35 heavy (non-hydrogen) atoms. The maximum Gasteiger partial charge on any atom is 0.329 e. The van der Waals surface area contributed by atoms with Crippen molar-refractivity contribution in [2.75, 3.05) is 26.4 Å². The van der Waals surface area contributed by atoms with Crippen molar-refractivity contribution < 1.29 is 28.6 Å². The fraction of sp³-hybridized carbons (Fsp3) is 0.360. The Balaban J connectivity index is 1.47. The van der Waals surface area contributed by atoms with Gasteiger partial charge in [-0.05, 0) is 49.1 Å². The van der Waals surface area contributed by atoms with Gasteiger partial charge in [-0.3, -0.25) is 14.4 Å². The molecule has 0 radical (unpaired) electrons. The first-order chi connectivity index (χ1) is 17.0. The molecule has 3 rings (SSSR count). The highest BCUT2D eigenvalue weighted by Gasteiger charge is 2.19. The zero-order valence-corrected chi connectivity index (χ0v) is 19.6. The van der Waals surface area contributed by atoms with Gasteiger partial charge in [0.25, 0.3) is 5.91 Å². The molecule has 3 amide bonds. The van der Waals surface area contributed by atoms with Crippen molar-refractivity contribution in [3.05, 3.63) is 59.7 Å². The molecule has 0 saturated carbocycles. The lowest BCUT2D eigenvalue weighted by atomic mass is 10.2. The third-order valence-corrected chi connectivity index (χ3v) is 5.06. The molecular weight excluding hydrogens is 452 g/mol. The van der Waals surface area contributed by atoms with E-state index in [9.17, 15) is 14.4 Å². The average molecular weight is 483 g/mol. The van der Waals surface area contributed by atoms with Crippen molar-refractivity contribution in [2.24, 2.45) is 5.10 Å². The molecule has 1 fully saturated rings. The number of hydrazone groups is 1. The van der Waals surface area contributed by atoms with Crippen molar-refractivity contribution in [2.45, 2.75) is 32.4 Å². The molecule has 1 aliphatic rings. The first-order valence-electron chi connectivity index (χ1n) is 11.5. The first-order valence-corrected chi connectivity index (χ1v) is 11.5. The predicted octanol–water partition coefficient (Wildman–Crippen LogP) is 1.53. The Morgan fingerprint density at radius 1 is 1.06 bits per heavy atom. The third-order valence-electron chi connectivity index (χ3n) is 5.06. The van der Waals surface area contributed by atoms with Crippen LogP contribution in [0.15, 0.2) is 53.6 Å². The number of amides is 3. The van der Waals surface area contributed by atoms with E-state index >= 15 is 0 Å². The van der Waals surface area contributed by atoms with E-state index in [0.29, 0.717) is 43.4 Å². The van der Waals surface area contributed by atoms with Gasteiger partial charge in [-0.1, -0.05) is 30.3 Å². The zero-order chi connectivity index (χ0) is 24.9. The number of carbonyl (C=O) groups is 3. The molecule has 2 aromatic rings. The van der Waals surface area contributed by atoms with Crippen LogP contribution in [0.3, 0.4) is 0 Å². The summed E-state index contributed by atoms with van der Waals surface area (Å²) in [6.45, 7) is 3.42. The topological polar surface area (TPSA) is 127 Å². The summed E-state index contributed by atoms with van der Waals surface area (Å²) in [6, 6.07) is 14.6. The first kappa shape index (κ1) is 25.7. The number of benzene rings is 2. The van der Waals surface area contributed by atoms with Gasteiger partial charge in [-0.2, -0.15) is 5.10 Å². The number of carbonyl (C=O) groups excluding carboxylic acids is 3. The molecule has 186 valence electrons. The summed E-state index contributed by atoms with van der Waals surface area (Å²) in [5.74, 6) is -1.08. The van der Waals surface area contributed by atoms with Gasteiger partial charge in [0, 0.05) is 19.7 Å². The maximum atomic E-state index is 12.1. The molecule has 1 saturated heterocycles. The molecular formula is C25H30N4O6. The van der Waals surface area contributed by atoms with Crippen molar-refractivity contribution >= 4 is 23.9 Å². The van der Waals surface area contributed by atoms with Crippen LogP contribution in [0.2, 0.25) is 0 Å².